The van der Waals surface area contributed by atoms with Crippen LogP contribution in [0.4, 0.5) is 4.79 Å². The summed E-state index contributed by atoms with van der Waals surface area (Å²) in [7, 11) is 0. The largest absolute Gasteiger partial charge is 0.444 e. The molecule has 2 aromatic carbocycles. The molecule has 1 heterocycles. The van der Waals surface area contributed by atoms with E-state index in [0.29, 0.717) is 11.8 Å². The van der Waals surface area contributed by atoms with Crippen LogP contribution in [0.3, 0.4) is 0 Å². The molecule has 1 aliphatic rings. The molecular formula is C22H29NO2. The van der Waals surface area contributed by atoms with Crippen LogP contribution in [0.25, 0.3) is 10.8 Å². The molecule has 0 N–H and O–H groups in total. The van der Waals surface area contributed by atoms with Crippen molar-refractivity contribution in [3.8, 4) is 0 Å². The van der Waals surface area contributed by atoms with E-state index in [0.717, 1.165) is 25.9 Å². The van der Waals surface area contributed by atoms with Crippen LogP contribution in [-0.2, 0) is 4.74 Å². The van der Waals surface area contributed by atoms with Gasteiger partial charge < -0.3 is 9.64 Å². The number of nitrogens with zero attached hydrogens (tertiary/aromatic N) is 1. The second-order valence-corrected chi connectivity index (χ2v) is 8.29. The summed E-state index contributed by atoms with van der Waals surface area (Å²) < 4.78 is 5.50. The normalized spacial score (nSPS) is 19.2. The molecular weight excluding hydrogens is 310 g/mol. The topological polar surface area (TPSA) is 29.5 Å². The summed E-state index contributed by atoms with van der Waals surface area (Å²) in [6, 6.07) is 15.1. The van der Waals surface area contributed by atoms with Crippen LogP contribution >= 0.6 is 0 Å². The lowest BCUT2D eigenvalue weighted by molar-refractivity contribution is 0.0287. The Bertz CT molecular complexity index is 742. The van der Waals surface area contributed by atoms with Crippen LogP contribution in [0.2, 0.25) is 0 Å². The first-order valence-corrected chi connectivity index (χ1v) is 9.29. The second kappa shape index (κ2) is 7.07. The van der Waals surface area contributed by atoms with Crippen LogP contribution in [-0.4, -0.2) is 29.7 Å². The fraction of sp³-hybridized carbons (Fsp3) is 0.500. The Balaban J connectivity index is 1.64. The van der Waals surface area contributed by atoms with E-state index in [1.807, 2.05) is 25.7 Å². The number of ether oxygens (including phenoxy) is 1. The second-order valence-electron chi connectivity index (χ2n) is 8.29. The van der Waals surface area contributed by atoms with E-state index >= 15 is 0 Å². The first kappa shape index (κ1) is 17.8. The maximum Gasteiger partial charge on any atom is 0.410 e. The number of carbonyl (C=O) groups excluding carboxylic acids is 1. The number of hydrogen-bond donors (Lipinski definition) is 0. The Kier molecular flexibility index (Phi) is 5.03. The highest BCUT2D eigenvalue weighted by atomic mass is 16.6. The zero-order valence-electron chi connectivity index (χ0n) is 15.8. The zero-order chi connectivity index (χ0) is 18.0. The fourth-order valence-corrected chi connectivity index (χ4v) is 3.82. The molecule has 0 saturated carbocycles. The van der Waals surface area contributed by atoms with Crippen LogP contribution in [0.1, 0.15) is 52.0 Å². The fourth-order valence-electron chi connectivity index (χ4n) is 3.82. The van der Waals surface area contributed by atoms with E-state index in [-0.39, 0.29) is 6.09 Å². The monoisotopic (exact) mass is 339 g/mol. The lowest BCUT2D eigenvalue weighted by Crippen LogP contribution is -2.35. The molecule has 0 aliphatic carbocycles. The molecule has 3 nitrogen and oxygen atoms in total. The minimum absolute atomic E-state index is 0.173. The number of benzene rings is 2. The van der Waals surface area contributed by atoms with E-state index < -0.39 is 5.60 Å². The third-order valence-electron chi connectivity index (χ3n) is 4.98. The quantitative estimate of drug-likeness (QED) is 0.729. The molecule has 134 valence electrons. The summed E-state index contributed by atoms with van der Waals surface area (Å²) >= 11 is 0. The van der Waals surface area contributed by atoms with E-state index in [9.17, 15) is 4.79 Å². The van der Waals surface area contributed by atoms with Crippen molar-refractivity contribution in [1.29, 1.82) is 0 Å². The first-order chi connectivity index (χ1) is 11.8. The Morgan fingerprint density at radius 2 is 1.92 bits per heavy atom. The van der Waals surface area contributed by atoms with Crippen molar-refractivity contribution >= 4 is 16.9 Å². The van der Waals surface area contributed by atoms with Gasteiger partial charge in [-0.3, -0.25) is 0 Å². The molecule has 25 heavy (non-hydrogen) atoms. The molecule has 1 fully saturated rings. The SMILES string of the molecule is C[C@@H](C[C@@H]1CCN(C(=O)OC(C)(C)C)C1)c1cccc2ccccc12. The summed E-state index contributed by atoms with van der Waals surface area (Å²) in [6.45, 7) is 9.67. The average molecular weight is 339 g/mol. The molecule has 1 saturated heterocycles. The third kappa shape index (κ3) is 4.33. The number of amides is 1. The Morgan fingerprint density at radius 1 is 1.20 bits per heavy atom. The number of rotatable bonds is 3. The standard InChI is InChI=1S/C22H29NO2/c1-16(19-11-7-9-18-8-5-6-10-20(18)19)14-17-12-13-23(15-17)21(24)25-22(2,3)4/h5-11,16-17H,12-15H2,1-4H3/t16-,17-/m0/s1. The Hall–Kier alpha value is -2.03. The van der Waals surface area contributed by atoms with Gasteiger partial charge in [-0.25, -0.2) is 4.79 Å². The van der Waals surface area contributed by atoms with Gasteiger partial charge >= 0.3 is 6.09 Å². The van der Waals surface area contributed by atoms with Gasteiger partial charge in [-0.1, -0.05) is 49.4 Å². The smallest absolute Gasteiger partial charge is 0.410 e. The first-order valence-electron chi connectivity index (χ1n) is 9.29. The molecule has 0 bridgehead atoms. The number of likely N-dealkylation sites (tertiary alicyclic amines) is 1. The highest BCUT2D eigenvalue weighted by Crippen LogP contribution is 2.33. The van der Waals surface area contributed by atoms with Crippen LogP contribution in [0.5, 0.6) is 0 Å². The highest BCUT2D eigenvalue weighted by molar-refractivity contribution is 5.86. The molecule has 1 amide bonds. The van der Waals surface area contributed by atoms with Crippen molar-refractivity contribution in [3.63, 3.8) is 0 Å². The number of fused-ring (bicyclic) bond motifs is 1. The molecule has 3 heteroatoms. The summed E-state index contributed by atoms with van der Waals surface area (Å²) in [5.74, 6) is 1.02. The van der Waals surface area contributed by atoms with Crippen molar-refractivity contribution in [3.05, 3.63) is 48.0 Å². The average Bonchev–Trinajstić information content (AvgIpc) is 3.01. The van der Waals surface area contributed by atoms with Crippen molar-refractivity contribution in [2.24, 2.45) is 5.92 Å². The Labute approximate surface area is 151 Å². The van der Waals surface area contributed by atoms with E-state index in [1.54, 1.807) is 0 Å². The predicted octanol–water partition coefficient (Wildman–Crippen LogP) is 5.59. The van der Waals surface area contributed by atoms with Crippen LogP contribution in [0, 0.1) is 5.92 Å². The zero-order valence-corrected chi connectivity index (χ0v) is 15.8. The van der Waals surface area contributed by atoms with Gasteiger partial charge in [0.15, 0.2) is 0 Å². The molecule has 0 radical (unpaired) electrons. The van der Waals surface area contributed by atoms with Gasteiger partial charge in [0.1, 0.15) is 5.60 Å². The van der Waals surface area contributed by atoms with Gasteiger partial charge in [0.25, 0.3) is 0 Å². The van der Waals surface area contributed by atoms with Crippen LogP contribution < -0.4 is 0 Å². The maximum atomic E-state index is 12.2. The van der Waals surface area contributed by atoms with Crippen molar-refractivity contribution in [2.45, 2.75) is 52.1 Å². The lowest BCUT2D eigenvalue weighted by Gasteiger charge is -2.25. The van der Waals surface area contributed by atoms with E-state index in [4.69, 9.17) is 4.74 Å². The van der Waals surface area contributed by atoms with Gasteiger partial charge in [-0.15, -0.1) is 0 Å². The Morgan fingerprint density at radius 3 is 2.68 bits per heavy atom. The molecule has 0 aromatic heterocycles. The van der Waals surface area contributed by atoms with Crippen molar-refractivity contribution in [2.75, 3.05) is 13.1 Å². The molecule has 2 atom stereocenters. The van der Waals surface area contributed by atoms with E-state index in [2.05, 4.69) is 49.4 Å². The minimum Gasteiger partial charge on any atom is -0.444 e. The minimum atomic E-state index is -0.425. The summed E-state index contributed by atoms with van der Waals surface area (Å²) in [5.41, 5.74) is 0.986. The summed E-state index contributed by atoms with van der Waals surface area (Å²) in [5, 5.41) is 2.65. The predicted molar refractivity (Wildman–Crippen MR) is 103 cm³/mol. The highest BCUT2D eigenvalue weighted by Gasteiger charge is 2.30. The van der Waals surface area contributed by atoms with Gasteiger partial charge in [0.2, 0.25) is 0 Å². The van der Waals surface area contributed by atoms with Gasteiger partial charge in [-0.05, 0) is 61.8 Å². The lowest BCUT2D eigenvalue weighted by atomic mass is 9.87. The summed E-state index contributed by atoms with van der Waals surface area (Å²) in [6.07, 6.45) is 1.99. The van der Waals surface area contributed by atoms with Gasteiger partial charge in [0, 0.05) is 13.1 Å². The maximum absolute atomic E-state index is 12.2. The van der Waals surface area contributed by atoms with Crippen molar-refractivity contribution in [1.82, 2.24) is 4.90 Å². The molecule has 3 rings (SSSR count). The van der Waals surface area contributed by atoms with E-state index in [1.165, 1.54) is 16.3 Å². The number of hydrogen-bond acceptors (Lipinski definition) is 2. The molecule has 2 aromatic rings. The number of carbonyl (C=O) groups is 1. The molecule has 1 aliphatic heterocycles. The van der Waals surface area contributed by atoms with Gasteiger partial charge in [0.05, 0.1) is 0 Å². The van der Waals surface area contributed by atoms with Crippen LogP contribution in [0.15, 0.2) is 42.5 Å². The molecule has 0 unspecified atom stereocenters. The third-order valence-corrected chi connectivity index (χ3v) is 4.98. The van der Waals surface area contributed by atoms with Crippen molar-refractivity contribution < 1.29 is 9.53 Å². The molecule has 0 spiro atoms. The summed E-state index contributed by atoms with van der Waals surface area (Å²) in [4.78, 5) is 14.1. The van der Waals surface area contributed by atoms with Gasteiger partial charge in [-0.2, -0.15) is 0 Å².